The van der Waals surface area contributed by atoms with Crippen molar-refractivity contribution in [2.45, 2.75) is 13.8 Å². The fourth-order valence-electron chi connectivity index (χ4n) is 1.35. The zero-order chi connectivity index (χ0) is 12.3. The van der Waals surface area contributed by atoms with Gasteiger partial charge in [0, 0.05) is 12.6 Å². The molecule has 0 aliphatic rings. The summed E-state index contributed by atoms with van der Waals surface area (Å²) in [5, 5.41) is 8.58. The van der Waals surface area contributed by atoms with E-state index in [1.165, 1.54) is 0 Å². The van der Waals surface area contributed by atoms with E-state index in [2.05, 4.69) is 17.4 Å². The third-order valence-corrected chi connectivity index (χ3v) is 2.99. The van der Waals surface area contributed by atoms with E-state index < -0.39 is 0 Å². The molecule has 0 amide bonds. The summed E-state index contributed by atoms with van der Waals surface area (Å²) in [5.74, 6) is 0. The Morgan fingerprint density at radius 1 is 1.38 bits per heavy atom. The largest absolute Gasteiger partial charge is 0.320 e. The van der Waals surface area contributed by atoms with Crippen molar-refractivity contribution in [3.8, 4) is 0 Å². The third-order valence-electron chi connectivity index (χ3n) is 2.50. The van der Waals surface area contributed by atoms with Gasteiger partial charge in [0.1, 0.15) is 0 Å². The highest BCUT2D eigenvalue weighted by Crippen LogP contribution is 2.24. The van der Waals surface area contributed by atoms with Gasteiger partial charge in [0.15, 0.2) is 0 Å². The highest BCUT2D eigenvalue weighted by atomic mass is 35.5. The summed E-state index contributed by atoms with van der Waals surface area (Å²) in [6, 6.07) is 3.80. The van der Waals surface area contributed by atoms with Gasteiger partial charge in [0.25, 0.3) is 0 Å². The molecule has 1 aromatic rings. The highest BCUT2D eigenvalue weighted by Gasteiger charge is 2.12. The molecular weight excluding hydrogens is 222 g/mol. The molecule has 0 heterocycles. The first-order chi connectivity index (χ1) is 7.49. The van der Waals surface area contributed by atoms with Gasteiger partial charge in [-0.3, -0.25) is 5.41 Å². The summed E-state index contributed by atoms with van der Waals surface area (Å²) in [7, 11) is 1.72. The van der Waals surface area contributed by atoms with E-state index in [1.807, 2.05) is 26.0 Å². The van der Waals surface area contributed by atoms with Crippen LogP contribution in [-0.2, 0) is 0 Å². The molecule has 0 aliphatic carbocycles. The highest BCUT2D eigenvalue weighted by molar-refractivity contribution is 6.35. The second kappa shape index (κ2) is 5.14. The van der Waals surface area contributed by atoms with Crippen molar-refractivity contribution in [3.63, 3.8) is 0 Å². The Hall–Kier alpha value is -1.32. The quantitative estimate of drug-likeness (QED) is 0.557. The van der Waals surface area contributed by atoms with Gasteiger partial charge in [0.2, 0.25) is 0 Å². The number of nitrogens with one attached hydrogen (secondary N) is 3. The van der Waals surface area contributed by atoms with Crippen LogP contribution in [0, 0.1) is 19.3 Å². The molecule has 86 valence electrons. The van der Waals surface area contributed by atoms with Gasteiger partial charge in [-0.25, -0.2) is 5.43 Å². The molecule has 1 rings (SSSR count). The van der Waals surface area contributed by atoms with Crippen LogP contribution in [0.4, 0.5) is 0 Å². The van der Waals surface area contributed by atoms with Crippen molar-refractivity contribution in [2.24, 2.45) is 0 Å². The number of hydrogen-bond donors (Lipinski definition) is 3. The predicted octanol–water partition coefficient (Wildman–Crippen LogP) is 2.56. The second-order valence-electron chi connectivity index (χ2n) is 3.60. The molecular formula is C12H16ClN3. The number of aryl methyl sites for hydroxylation is 1. The Bertz CT molecular complexity index is 438. The fourth-order valence-corrected chi connectivity index (χ4v) is 1.66. The van der Waals surface area contributed by atoms with Gasteiger partial charge in [-0.05, 0) is 25.0 Å². The molecule has 0 radical (unpaired) electrons. The lowest BCUT2D eigenvalue weighted by molar-refractivity contribution is 0.713. The zero-order valence-electron chi connectivity index (χ0n) is 9.74. The first-order valence-corrected chi connectivity index (χ1v) is 5.33. The van der Waals surface area contributed by atoms with Crippen molar-refractivity contribution in [3.05, 3.63) is 46.1 Å². The zero-order valence-corrected chi connectivity index (χ0v) is 10.5. The predicted molar refractivity (Wildman–Crippen MR) is 69.1 cm³/mol. The minimum Gasteiger partial charge on any atom is -0.320 e. The van der Waals surface area contributed by atoms with Crippen LogP contribution in [0.25, 0.3) is 0 Å². The average molecular weight is 238 g/mol. The Morgan fingerprint density at radius 2 is 2.00 bits per heavy atom. The molecule has 4 heteroatoms. The van der Waals surface area contributed by atoms with Crippen molar-refractivity contribution in [1.82, 2.24) is 10.9 Å². The molecule has 0 spiro atoms. The molecule has 3 N–H and O–H groups in total. The molecule has 0 unspecified atom stereocenters. The minimum atomic E-state index is 0.294. The summed E-state index contributed by atoms with van der Waals surface area (Å²) >= 11 is 6.21. The maximum atomic E-state index is 7.96. The van der Waals surface area contributed by atoms with Crippen molar-refractivity contribution in [2.75, 3.05) is 7.05 Å². The standard InChI is InChI=1S/C12H16ClN3/c1-7-5-6-10(11(13)8(7)2)12(14)9(3)16-15-4/h5-6,14-16H,3H2,1-2,4H3. The van der Waals surface area contributed by atoms with Crippen molar-refractivity contribution >= 4 is 17.3 Å². The van der Waals surface area contributed by atoms with Gasteiger partial charge >= 0.3 is 0 Å². The number of allylic oxidation sites excluding steroid dienone is 1. The van der Waals surface area contributed by atoms with Crippen LogP contribution in [0.1, 0.15) is 16.7 Å². The van der Waals surface area contributed by atoms with Gasteiger partial charge in [-0.1, -0.05) is 30.3 Å². The van der Waals surface area contributed by atoms with Gasteiger partial charge in [-0.2, -0.15) is 0 Å². The van der Waals surface area contributed by atoms with Gasteiger partial charge in [0.05, 0.1) is 16.4 Å². The van der Waals surface area contributed by atoms with E-state index in [9.17, 15) is 0 Å². The molecule has 16 heavy (non-hydrogen) atoms. The molecule has 3 nitrogen and oxygen atoms in total. The number of benzene rings is 1. The molecule has 0 atom stereocenters. The number of rotatable bonds is 4. The minimum absolute atomic E-state index is 0.294. The Kier molecular flexibility index (Phi) is 4.10. The van der Waals surface area contributed by atoms with Crippen LogP contribution < -0.4 is 10.9 Å². The third kappa shape index (κ3) is 2.43. The summed E-state index contributed by atoms with van der Waals surface area (Å²) < 4.78 is 0. The molecule has 0 saturated heterocycles. The SMILES string of the molecule is C=C(NNC)C(=N)c1ccc(C)c(C)c1Cl. The molecule has 1 aromatic carbocycles. The Morgan fingerprint density at radius 3 is 2.56 bits per heavy atom. The Labute approximate surface area is 101 Å². The van der Waals surface area contributed by atoms with E-state index in [4.69, 9.17) is 17.0 Å². The molecule has 0 aromatic heterocycles. The molecule has 0 aliphatic heterocycles. The second-order valence-corrected chi connectivity index (χ2v) is 3.98. The normalized spacial score (nSPS) is 10.0. The van der Waals surface area contributed by atoms with Crippen LogP contribution in [0.5, 0.6) is 0 Å². The van der Waals surface area contributed by atoms with E-state index in [1.54, 1.807) is 7.05 Å². The summed E-state index contributed by atoms with van der Waals surface area (Å²) in [6.07, 6.45) is 0. The molecule has 0 saturated carbocycles. The fraction of sp³-hybridized carbons (Fsp3) is 0.250. The summed E-state index contributed by atoms with van der Waals surface area (Å²) in [6.45, 7) is 7.70. The van der Waals surface area contributed by atoms with Crippen molar-refractivity contribution < 1.29 is 0 Å². The summed E-state index contributed by atoms with van der Waals surface area (Å²) in [5.41, 5.74) is 9.11. The molecule has 0 fully saturated rings. The first-order valence-electron chi connectivity index (χ1n) is 4.95. The lowest BCUT2D eigenvalue weighted by atomic mass is 10.0. The molecule has 0 bridgehead atoms. The van der Waals surface area contributed by atoms with Crippen LogP contribution in [0.2, 0.25) is 5.02 Å². The van der Waals surface area contributed by atoms with Crippen LogP contribution in [0.3, 0.4) is 0 Å². The smallest absolute Gasteiger partial charge is 0.0865 e. The lowest BCUT2D eigenvalue weighted by Gasteiger charge is -2.13. The number of halogens is 1. The van der Waals surface area contributed by atoms with E-state index in [0.29, 0.717) is 22.0 Å². The van der Waals surface area contributed by atoms with Gasteiger partial charge in [-0.15, -0.1) is 0 Å². The number of hydrogen-bond acceptors (Lipinski definition) is 3. The maximum absolute atomic E-state index is 7.96. The lowest BCUT2D eigenvalue weighted by Crippen LogP contribution is -2.30. The van der Waals surface area contributed by atoms with E-state index >= 15 is 0 Å². The maximum Gasteiger partial charge on any atom is 0.0865 e. The topological polar surface area (TPSA) is 47.9 Å². The van der Waals surface area contributed by atoms with Crippen molar-refractivity contribution in [1.29, 1.82) is 5.41 Å². The summed E-state index contributed by atoms with van der Waals surface area (Å²) in [4.78, 5) is 0. The number of hydrazine groups is 1. The first kappa shape index (κ1) is 12.7. The van der Waals surface area contributed by atoms with E-state index in [0.717, 1.165) is 11.1 Å². The Balaban J connectivity index is 3.10. The average Bonchev–Trinajstić information content (AvgIpc) is 2.26. The van der Waals surface area contributed by atoms with Crippen LogP contribution in [-0.4, -0.2) is 12.8 Å². The monoisotopic (exact) mass is 237 g/mol. The van der Waals surface area contributed by atoms with E-state index in [-0.39, 0.29) is 0 Å². The van der Waals surface area contributed by atoms with Gasteiger partial charge < -0.3 is 5.43 Å². The van der Waals surface area contributed by atoms with Crippen LogP contribution >= 0.6 is 11.6 Å². The van der Waals surface area contributed by atoms with Crippen LogP contribution in [0.15, 0.2) is 24.4 Å².